The first-order valence-corrected chi connectivity index (χ1v) is 6.91. The lowest BCUT2D eigenvalue weighted by Crippen LogP contribution is -2.54. The third kappa shape index (κ3) is 2.36. The molecule has 2 amide bonds. The predicted octanol–water partition coefficient (Wildman–Crippen LogP) is 0.933. The van der Waals surface area contributed by atoms with Crippen molar-refractivity contribution in [1.82, 2.24) is 19.8 Å². The Morgan fingerprint density at radius 3 is 2.91 bits per heavy atom. The largest absolute Gasteiger partial charge is 0.389 e. The van der Waals surface area contributed by atoms with Crippen LogP contribution in [0.2, 0.25) is 0 Å². The molecular weight excluding hydrogens is 286 g/mol. The maximum atomic E-state index is 12.6. The topological polar surface area (TPSA) is 91.2 Å². The number of nitrogens with zero attached hydrogens (tertiary/aromatic N) is 5. The molecule has 0 spiro atoms. The smallest absolute Gasteiger partial charge is 0.332 e. The quantitative estimate of drug-likeness (QED) is 0.897. The Bertz CT molecular complexity index is 670. The zero-order valence-corrected chi connectivity index (χ0v) is 12.6. The first-order chi connectivity index (χ1) is 10.5. The molecule has 2 atom stereocenters. The number of amides is 2. The number of carbonyl (C=O) groups excluding carboxylic acids is 1. The van der Waals surface area contributed by atoms with Crippen LogP contribution < -0.4 is 0 Å². The Labute approximate surface area is 127 Å². The van der Waals surface area contributed by atoms with Crippen LogP contribution in [0.25, 0.3) is 0 Å². The van der Waals surface area contributed by atoms with E-state index in [2.05, 4.69) is 15.0 Å². The molecule has 0 radical (unpaired) electrons. The van der Waals surface area contributed by atoms with Gasteiger partial charge in [-0.3, -0.25) is 9.80 Å². The fourth-order valence-electron chi connectivity index (χ4n) is 2.49. The van der Waals surface area contributed by atoms with Gasteiger partial charge < -0.3 is 9.84 Å². The lowest BCUT2D eigenvalue weighted by molar-refractivity contribution is -0.0675. The lowest BCUT2D eigenvalue weighted by Gasteiger charge is -2.38. The molecule has 3 heterocycles. The van der Waals surface area contributed by atoms with Crippen LogP contribution in [0.5, 0.6) is 0 Å². The second-order valence-corrected chi connectivity index (χ2v) is 5.19. The Morgan fingerprint density at radius 2 is 2.23 bits per heavy atom. The first-order valence-electron chi connectivity index (χ1n) is 6.91. The van der Waals surface area contributed by atoms with Gasteiger partial charge in [0.05, 0.1) is 12.6 Å². The van der Waals surface area contributed by atoms with Gasteiger partial charge in [0.1, 0.15) is 11.7 Å². The van der Waals surface area contributed by atoms with Crippen molar-refractivity contribution in [2.75, 3.05) is 7.11 Å². The molecule has 2 unspecified atom stereocenters. The molecule has 0 bridgehead atoms. The third-order valence-corrected chi connectivity index (χ3v) is 3.55. The minimum Gasteiger partial charge on any atom is -0.389 e. The molecule has 2 aliphatic heterocycles. The summed E-state index contributed by atoms with van der Waals surface area (Å²) in [6.45, 7) is 3.70. The number of carbonyl (C=O) groups is 1. The Hall–Kier alpha value is -2.32. The van der Waals surface area contributed by atoms with Crippen molar-refractivity contribution in [3.8, 4) is 0 Å². The van der Waals surface area contributed by atoms with Crippen LogP contribution in [0.3, 0.4) is 0 Å². The number of aromatic nitrogens is 2. The Balaban J connectivity index is 1.96. The summed E-state index contributed by atoms with van der Waals surface area (Å²) in [7, 11) is 1.45. The molecule has 0 aromatic carbocycles. The van der Waals surface area contributed by atoms with E-state index in [4.69, 9.17) is 4.74 Å². The van der Waals surface area contributed by atoms with Gasteiger partial charge in [0.25, 0.3) is 0 Å². The maximum absolute atomic E-state index is 12.6. The third-order valence-electron chi connectivity index (χ3n) is 3.55. The number of aliphatic hydroxyl groups excluding tert-OH is 1. The second-order valence-electron chi connectivity index (χ2n) is 5.19. The molecule has 8 heteroatoms. The van der Waals surface area contributed by atoms with Crippen molar-refractivity contribution in [3.05, 3.63) is 29.9 Å². The van der Waals surface area contributed by atoms with Crippen molar-refractivity contribution in [3.63, 3.8) is 0 Å². The van der Waals surface area contributed by atoms with Gasteiger partial charge in [-0.1, -0.05) is 0 Å². The highest BCUT2D eigenvalue weighted by Crippen LogP contribution is 2.27. The van der Waals surface area contributed by atoms with Crippen molar-refractivity contribution in [2.45, 2.75) is 32.7 Å². The number of rotatable bonds is 3. The molecular formula is C14H17N5O3. The van der Waals surface area contributed by atoms with Crippen molar-refractivity contribution < 1.29 is 14.6 Å². The first kappa shape index (κ1) is 14.6. The molecule has 3 rings (SSSR count). The molecule has 1 aromatic heterocycles. The number of aliphatic imine (C=N–C) groups is 1. The number of amidine groups is 1. The minimum atomic E-state index is -0.819. The van der Waals surface area contributed by atoms with Gasteiger partial charge in [-0.25, -0.2) is 19.8 Å². The molecule has 22 heavy (non-hydrogen) atoms. The van der Waals surface area contributed by atoms with E-state index in [0.29, 0.717) is 24.0 Å². The minimum absolute atomic E-state index is 0.305. The lowest BCUT2D eigenvalue weighted by atomic mass is 10.2. The van der Waals surface area contributed by atoms with Crippen LogP contribution in [-0.4, -0.2) is 56.2 Å². The molecule has 0 fully saturated rings. The fourth-order valence-corrected chi connectivity index (χ4v) is 2.49. The zero-order chi connectivity index (χ0) is 15.9. The van der Waals surface area contributed by atoms with Crippen LogP contribution in [0, 0.1) is 6.92 Å². The summed E-state index contributed by atoms with van der Waals surface area (Å²) in [5.74, 6) is 1.74. The Morgan fingerprint density at radius 1 is 1.45 bits per heavy atom. The molecule has 116 valence electrons. The number of ether oxygens (including phenoxy) is 1. The number of urea groups is 1. The summed E-state index contributed by atoms with van der Waals surface area (Å²) in [6, 6.07) is -0.305. The summed E-state index contributed by atoms with van der Waals surface area (Å²) in [5, 5.41) is 9.74. The van der Waals surface area contributed by atoms with Gasteiger partial charge in [-0.15, -0.1) is 0 Å². The number of hydrogen-bond acceptors (Lipinski definition) is 6. The number of aryl methyl sites for hydroxylation is 1. The summed E-state index contributed by atoms with van der Waals surface area (Å²) in [5.41, 5.74) is 0.781. The summed E-state index contributed by atoms with van der Waals surface area (Å²) in [4.78, 5) is 28.3. The average molecular weight is 303 g/mol. The van der Waals surface area contributed by atoms with Gasteiger partial charge in [-0.05, 0) is 19.9 Å². The molecule has 2 aliphatic rings. The van der Waals surface area contributed by atoms with E-state index >= 15 is 0 Å². The number of aliphatic hydroxyl groups is 1. The summed E-state index contributed by atoms with van der Waals surface area (Å²) in [6.07, 6.45) is 3.38. The van der Waals surface area contributed by atoms with Gasteiger partial charge in [0.15, 0.2) is 12.0 Å². The molecule has 0 aliphatic carbocycles. The summed E-state index contributed by atoms with van der Waals surface area (Å²) >= 11 is 0. The van der Waals surface area contributed by atoms with E-state index in [1.165, 1.54) is 16.9 Å². The molecule has 8 nitrogen and oxygen atoms in total. The highest BCUT2D eigenvalue weighted by Gasteiger charge is 2.36. The predicted molar refractivity (Wildman–Crippen MR) is 78.3 cm³/mol. The highest BCUT2D eigenvalue weighted by molar-refractivity contribution is 6.08. The second kappa shape index (κ2) is 5.47. The van der Waals surface area contributed by atoms with Crippen molar-refractivity contribution in [2.24, 2.45) is 4.99 Å². The SMILES string of the molecule is COC(C(C)O)N1C=CC2=Nc3nc(C)ncc3CN2C1=O. The van der Waals surface area contributed by atoms with E-state index in [1.54, 1.807) is 32.3 Å². The van der Waals surface area contributed by atoms with E-state index < -0.39 is 12.3 Å². The van der Waals surface area contributed by atoms with E-state index in [-0.39, 0.29) is 6.03 Å². The van der Waals surface area contributed by atoms with Gasteiger partial charge in [-0.2, -0.15) is 0 Å². The Kier molecular flexibility index (Phi) is 3.63. The fraction of sp³-hybridized carbons (Fsp3) is 0.429. The van der Waals surface area contributed by atoms with Crippen LogP contribution in [0.1, 0.15) is 18.3 Å². The molecule has 1 N–H and O–H groups in total. The van der Waals surface area contributed by atoms with E-state index in [9.17, 15) is 9.90 Å². The zero-order valence-electron chi connectivity index (χ0n) is 12.6. The normalized spacial score (nSPS) is 19.5. The molecule has 0 saturated carbocycles. The molecule has 0 saturated heterocycles. The monoisotopic (exact) mass is 303 g/mol. The van der Waals surface area contributed by atoms with Crippen molar-refractivity contribution in [1.29, 1.82) is 0 Å². The van der Waals surface area contributed by atoms with Gasteiger partial charge in [0, 0.05) is 25.1 Å². The number of fused-ring (bicyclic) bond motifs is 2. The molecule has 1 aromatic rings. The van der Waals surface area contributed by atoms with E-state index in [1.807, 2.05) is 0 Å². The maximum Gasteiger partial charge on any atom is 0.332 e. The number of hydrogen-bond donors (Lipinski definition) is 1. The van der Waals surface area contributed by atoms with Crippen LogP contribution in [-0.2, 0) is 11.3 Å². The van der Waals surface area contributed by atoms with Crippen LogP contribution >= 0.6 is 0 Å². The van der Waals surface area contributed by atoms with Crippen molar-refractivity contribution >= 4 is 17.7 Å². The van der Waals surface area contributed by atoms with Gasteiger partial charge in [0.2, 0.25) is 0 Å². The highest BCUT2D eigenvalue weighted by atomic mass is 16.5. The van der Waals surface area contributed by atoms with E-state index in [0.717, 1.165) is 5.56 Å². The number of methoxy groups -OCH3 is 1. The van der Waals surface area contributed by atoms with Crippen LogP contribution in [0.15, 0.2) is 23.5 Å². The summed E-state index contributed by atoms with van der Waals surface area (Å²) < 4.78 is 5.20. The van der Waals surface area contributed by atoms with Crippen LogP contribution in [0.4, 0.5) is 10.6 Å². The standard InChI is InChI=1S/C14H17N5O3/c1-8(20)13(22-3)18-5-4-11-17-12-10(6-15-9(2)16-12)7-19(11)14(18)21/h4-6,8,13,20H,7H2,1-3H3. The van der Waals surface area contributed by atoms with Gasteiger partial charge >= 0.3 is 6.03 Å². The average Bonchev–Trinajstić information content (AvgIpc) is 2.48.